The van der Waals surface area contributed by atoms with Crippen LogP contribution >= 0.6 is 0 Å². The van der Waals surface area contributed by atoms with Crippen LogP contribution in [0.1, 0.15) is 15.9 Å². The smallest absolute Gasteiger partial charge is 0.339 e. The number of para-hydroxylation sites is 1. The van der Waals surface area contributed by atoms with Gasteiger partial charge in [0.2, 0.25) is 0 Å². The number of fused-ring (bicyclic) bond motifs is 1. The number of carboxylic acid groups (broad SMARTS) is 1. The minimum absolute atomic E-state index is 0.110. The zero-order valence-electron chi connectivity index (χ0n) is 11.1. The molecule has 1 aliphatic heterocycles. The van der Waals surface area contributed by atoms with Gasteiger partial charge >= 0.3 is 5.97 Å². The van der Waals surface area contributed by atoms with Gasteiger partial charge in [-0.1, -0.05) is 12.1 Å². The summed E-state index contributed by atoms with van der Waals surface area (Å²) in [5.74, 6) is -0.384. The van der Waals surface area contributed by atoms with Gasteiger partial charge in [-0.05, 0) is 30.3 Å². The molecule has 1 unspecified atom stereocenters. The highest BCUT2D eigenvalue weighted by atomic mass is 19.1. The van der Waals surface area contributed by atoms with E-state index in [4.69, 9.17) is 14.6 Å². The lowest BCUT2D eigenvalue weighted by Crippen LogP contribution is -2.23. The molecule has 21 heavy (non-hydrogen) atoms. The van der Waals surface area contributed by atoms with Crippen LogP contribution in [0.15, 0.2) is 42.5 Å². The Kier molecular flexibility index (Phi) is 3.48. The second-order valence-electron chi connectivity index (χ2n) is 4.81. The van der Waals surface area contributed by atoms with Crippen molar-refractivity contribution in [3.05, 3.63) is 59.4 Å². The lowest BCUT2D eigenvalue weighted by atomic mass is 10.1. The first kappa shape index (κ1) is 13.4. The van der Waals surface area contributed by atoms with Crippen molar-refractivity contribution < 1.29 is 23.8 Å². The molecule has 0 aliphatic carbocycles. The third-order valence-corrected chi connectivity index (χ3v) is 3.31. The Bertz CT molecular complexity index is 684. The molecule has 0 saturated carbocycles. The molecule has 1 heterocycles. The fraction of sp³-hybridized carbons (Fsp3) is 0.188. The first-order chi connectivity index (χ1) is 10.1. The van der Waals surface area contributed by atoms with E-state index in [1.165, 1.54) is 18.2 Å². The van der Waals surface area contributed by atoms with Gasteiger partial charge < -0.3 is 14.6 Å². The third kappa shape index (κ3) is 2.81. The molecule has 108 valence electrons. The van der Waals surface area contributed by atoms with Gasteiger partial charge in [0.1, 0.15) is 35.6 Å². The quantitative estimate of drug-likeness (QED) is 0.940. The Labute approximate surface area is 120 Å². The van der Waals surface area contributed by atoms with E-state index in [9.17, 15) is 9.18 Å². The molecule has 0 saturated heterocycles. The Balaban J connectivity index is 1.67. The zero-order valence-corrected chi connectivity index (χ0v) is 11.1. The maximum atomic E-state index is 13.1. The van der Waals surface area contributed by atoms with Crippen LogP contribution in [-0.2, 0) is 6.42 Å². The van der Waals surface area contributed by atoms with Crippen LogP contribution in [0, 0.1) is 5.82 Å². The van der Waals surface area contributed by atoms with Gasteiger partial charge in [-0.2, -0.15) is 0 Å². The van der Waals surface area contributed by atoms with Crippen LogP contribution in [0.2, 0.25) is 0 Å². The average Bonchev–Trinajstić information content (AvgIpc) is 2.87. The molecule has 4 nitrogen and oxygen atoms in total. The van der Waals surface area contributed by atoms with Crippen molar-refractivity contribution >= 4 is 5.97 Å². The Morgan fingerprint density at radius 3 is 2.95 bits per heavy atom. The zero-order chi connectivity index (χ0) is 14.8. The summed E-state index contributed by atoms with van der Waals surface area (Å²) in [5.41, 5.74) is 0.911. The van der Waals surface area contributed by atoms with Crippen molar-refractivity contribution in [2.24, 2.45) is 0 Å². The molecule has 1 N–H and O–H groups in total. The Hall–Kier alpha value is -2.56. The summed E-state index contributed by atoms with van der Waals surface area (Å²) in [6, 6.07) is 10.8. The second kappa shape index (κ2) is 5.44. The number of hydrogen-bond acceptors (Lipinski definition) is 3. The van der Waals surface area contributed by atoms with Crippen LogP contribution in [0.3, 0.4) is 0 Å². The minimum Gasteiger partial charge on any atom is -0.489 e. The molecule has 0 radical (unpaired) electrons. The lowest BCUT2D eigenvalue weighted by Gasteiger charge is -2.13. The maximum Gasteiger partial charge on any atom is 0.339 e. The molecule has 3 rings (SSSR count). The summed E-state index contributed by atoms with van der Waals surface area (Å²) in [6.45, 7) is 0.209. The molecule has 5 heteroatoms. The number of rotatable bonds is 4. The highest BCUT2D eigenvalue weighted by Crippen LogP contribution is 2.29. The third-order valence-electron chi connectivity index (χ3n) is 3.31. The van der Waals surface area contributed by atoms with E-state index in [0.717, 1.165) is 5.56 Å². The summed E-state index contributed by atoms with van der Waals surface area (Å²) in [7, 11) is 0. The predicted molar refractivity (Wildman–Crippen MR) is 73.4 cm³/mol. The van der Waals surface area contributed by atoms with Crippen molar-refractivity contribution in [1.29, 1.82) is 0 Å². The van der Waals surface area contributed by atoms with Gasteiger partial charge in [0.25, 0.3) is 0 Å². The fourth-order valence-corrected chi connectivity index (χ4v) is 2.33. The number of benzene rings is 2. The normalized spacial score (nSPS) is 16.1. The Morgan fingerprint density at radius 2 is 2.14 bits per heavy atom. The van der Waals surface area contributed by atoms with E-state index in [1.807, 2.05) is 0 Å². The highest BCUT2D eigenvalue weighted by molar-refractivity contribution is 5.90. The number of carbonyl (C=O) groups is 1. The molecule has 0 spiro atoms. The van der Waals surface area contributed by atoms with Gasteiger partial charge in [0, 0.05) is 12.0 Å². The van der Waals surface area contributed by atoms with E-state index in [0.29, 0.717) is 17.9 Å². The monoisotopic (exact) mass is 288 g/mol. The van der Waals surface area contributed by atoms with Crippen LogP contribution in [0.5, 0.6) is 11.5 Å². The van der Waals surface area contributed by atoms with E-state index in [2.05, 4.69) is 0 Å². The van der Waals surface area contributed by atoms with Crippen molar-refractivity contribution in [2.75, 3.05) is 6.61 Å². The lowest BCUT2D eigenvalue weighted by molar-refractivity contribution is 0.0688. The first-order valence-corrected chi connectivity index (χ1v) is 6.53. The van der Waals surface area contributed by atoms with Crippen molar-refractivity contribution in [2.45, 2.75) is 12.5 Å². The molecular formula is C16H13FO4. The van der Waals surface area contributed by atoms with Gasteiger partial charge in [-0.3, -0.25) is 0 Å². The van der Waals surface area contributed by atoms with E-state index in [1.54, 1.807) is 24.3 Å². The minimum atomic E-state index is -1.04. The molecule has 0 aromatic heterocycles. The van der Waals surface area contributed by atoms with Crippen LogP contribution in [0.4, 0.5) is 4.39 Å². The number of carboxylic acids is 1. The maximum absolute atomic E-state index is 13.1. The number of hydrogen-bond donors (Lipinski definition) is 1. The van der Waals surface area contributed by atoms with Crippen LogP contribution in [-0.4, -0.2) is 23.8 Å². The van der Waals surface area contributed by atoms with Gasteiger partial charge in [-0.15, -0.1) is 0 Å². The summed E-state index contributed by atoms with van der Waals surface area (Å²) in [5, 5.41) is 9.08. The molecule has 0 bridgehead atoms. The predicted octanol–water partition coefficient (Wildman–Crippen LogP) is 2.91. The van der Waals surface area contributed by atoms with Crippen molar-refractivity contribution in [1.82, 2.24) is 0 Å². The first-order valence-electron chi connectivity index (χ1n) is 6.53. The second-order valence-corrected chi connectivity index (χ2v) is 4.81. The number of halogens is 1. The number of ether oxygens (including phenoxy) is 2. The van der Waals surface area contributed by atoms with E-state index >= 15 is 0 Å². The SMILES string of the molecule is O=C(O)c1ccccc1OCC1Cc2cc(F)ccc2O1. The molecule has 0 fully saturated rings. The van der Waals surface area contributed by atoms with Crippen LogP contribution < -0.4 is 9.47 Å². The summed E-state index contributed by atoms with van der Waals surface area (Å²) in [6.07, 6.45) is 0.297. The standard InChI is InChI=1S/C16H13FO4/c17-11-5-6-14-10(7-11)8-12(21-14)9-20-15-4-2-1-3-13(15)16(18)19/h1-7,12H,8-9H2,(H,18,19). The number of aromatic carboxylic acids is 1. The molecule has 2 aromatic carbocycles. The van der Waals surface area contributed by atoms with Crippen molar-refractivity contribution in [3.63, 3.8) is 0 Å². The molecule has 2 aromatic rings. The largest absolute Gasteiger partial charge is 0.489 e. The molecule has 1 aliphatic rings. The summed E-state index contributed by atoms with van der Waals surface area (Å²) >= 11 is 0. The summed E-state index contributed by atoms with van der Waals surface area (Å²) < 4.78 is 24.3. The van der Waals surface area contributed by atoms with Crippen molar-refractivity contribution in [3.8, 4) is 11.5 Å². The van der Waals surface area contributed by atoms with E-state index < -0.39 is 5.97 Å². The fourth-order valence-electron chi connectivity index (χ4n) is 2.33. The molecular weight excluding hydrogens is 275 g/mol. The average molecular weight is 288 g/mol. The molecule has 1 atom stereocenters. The topological polar surface area (TPSA) is 55.8 Å². The van der Waals surface area contributed by atoms with Gasteiger partial charge in [0.15, 0.2) is 0 Å². The Morgan fingerprint density at radius 1 is 1.33 bits per heavy atom. The highest BCUT2D eigenvalue weighted by Gasteiger charge is 2.24. The van der Waals surface area contributed by atoms with Crippen LogP contribution in [0.25, 0.3) is 0 Å². The van der Waals surface area contributed by atoms with Gasteiger partial charge in [-0.25, -0.2) is 9.18 Å². The summed E-state index contributed by atoms with van der Waals surface area (Å²) in [4.78, 5) is 11.1. The molecule has 0 amide bonds. The van der Waals surface area contributed by atoms with Gasteiger partial charge in [0.05, 0.1) is 0 Å². The van der Waals surface area contributed by atoms with E-state index in [-0.39, 0.29) is 24.1 Å².